The van der Waals surface area contributed by atoms with Crippen molar-refractivity contribution in [3.05, 3.63) is 59.7 Å². The standard InChI is InChI=1S/C14H12.6CH3.2Sn/c1-11-3-7-13(8-4-11)14-9-5-12(2)6-10-14;;;;;;;;/h3-10H,1-2H2;6*1H3;;. The first-order chi connectivity index (χ1) is 10.1. The third kappa shape index (κ3) is 6.27. The number of rotatable bonds is 5. The molecule has 118 valence electrons. The molecule has 0 nitrogen and oxygen atoms in total. The van der Waals surface area contributed by atoms with E-state index in [1.165, 1.54) is 31.1 Å². The molecule has 0 atom stereocenters. The number of hydrogen-bond donors (Lipinski definition) is 0. The molecular weight excluding hydrogens is 478 g/mol. The van der Waals surface area contributed by atoms with Crippen molar-refractivity contribution in [2.75, 3.05) is 0 Å². The van der Waals surface area contributed by atoms with E-state index in [4.69, 9.17) is 0 Å². The predicted molar refractivity (Wildman–Crippen MR) is 106 cm³/mol. The average molecular weight is 508 g/mol. The van der Waals surface area contributed by atoms with Gasteiger partial charge in [0.2, 0.25) is 0 Å². The van der Waals surface area contributed by atoms with Crippen LogP contribution in [0, 0.1) is 0 Å². The Morgan fingerprint density at radius 2 is 0.773 bits per heavy atom. The van der Waals surface area contributed by atoms with Gasteiger partial charge in [0, 0.05) is 0 Å². The molecule has 0 saturated heterocycles. The van der Waals surface area contributed by atoms with Gasteiger partial charge in [0.05, 0.1) is 0 Å². The zero-order valence-electron chi connectivity index (χ0n) is 15.0. The Hall–Kier alpha value is 0.0374. The van der Waals surface area contributed by atoms with Crippen LogP contribution in [-0.2, 0) is 8.87 Å². The van der Waals surface area contributed by atoms with Crippen LogP contribution in [0.2, 0.25) is 29.6 Å². The summed E-state index contributed by atoms with van der Waals surface area (Å²) in [6.07, 6.45) is 0. The van der Waals surface area contributed by atoms with E-state index in [0.717, 1.165) is 0 Å². The first kappa shape index (κ1) is 18.4. The van der Waals surface area contributed by atoms with Gasteiger partial charge >= 0.3 is 146 Å². The predicted octanol–water partition coefficient (Wildman–Crippen LogP) is 6.19. The molecule has 22 heavy (non-hydrogen) atoms. The second-order valence-electron chi connectivity index (χ2n) is 8.87. The second-order valence-corrected chi connectivity index (χ2v) is 40.1. The van der Waals surface area contributed by atoms with E-state index in [2.05, 4.69) is 78.2 Å². The normalized spacial score (nSPS) is 12.5. The van der Waals surface area contributed by atoms with Crippen molar-refractivity contribution < 1.29 is 0 Å². The van der Waals surface area contributed by atoms with Gasteiger partial charge in [-0.25, -0.2) is 0 Å². The topological polar surface area (TPSA) is 0 Å². The van der Waals surface area contributed by atoms with Crippen molar-refractivity contribution >= 4 is 36.8 Å². The molecule has 0 aliphatic carbocycles. The Morgan fingerprint density at radius 1 is 0.500 bits per heavy atom. The summed E-state index contributed by atoms with van der Waals surface area (Å²) in [4.78, 5) is 15.0. The first-order valence-corrected chi connectivity index (χ1v) is 29.5. The summed E-state index contributed by atoms with van der Waals surface area (Å²) >= 11 is -3.44. The average Bonchev–Trinajstić information content (AvgIpc) is 2.37. The van der Waals surface area contributed by atoms with Gasteiger partial charge in [-0.05, 0) is 0 Å². The molecule has 0 spiro atoms. The van der Waals surface area contributed by atoms with Gasteiger partial charge in [-0.15, -0.1) is 0 Å². The summed E-state index contributed by atoms with van der Waals surface area (Å²) in [7, 11) is 0. The number of hydrogen-bond acceptors (Lipinski definition) is 0. The van der Waals surface area contributed by atoms with Crippen molar-refractivity contribution in [2.24, 2.45) is 0 Å². The molecule has 0 unspecified atom stereocenters. The van der Waals surface area contributed by atoms with Crippen LogP contribution >= 0.6 is 0 Å². The Kier molecular flexibility index (Phi) is 6.09. The summed E-state index contributed by atoms with van der Waals surface area (Å²) in [6.45, 7) is 0. The van der Waals surface area contributed by atoms with Crippen LogP contribution in [0.25, 0.3) is 11.1 Å². The zero-order valence-corrected chi connectivity index (χ0v) is 20.7. The van der Waals surface area contributed by atoms with Gasteiger partial charge in [-0.2, -0.15) is 0 Å². The summed E-state index contributed by atoms with van der Waals surface area (Å²) in [5, 5.41) is 0. The maximum absolute atomic E-state index is 2.50. The molecule has 0 fully saturated rings. The summed E-state index contributed by atoms with van der Waals surface area (Å²) in [5.74, 6) is 0. The van der Waals surface area contributed by atoms with E-state index in [9.17, 15) is 0 Å². The van der Waals surface area contributed by atoms with E-state index >= 15 is 0 Å². The van der Waals surface area contributed by atoms with E-state index in [-0.39, 0.29) is 0 Å². The summed E-state index contributed by atoms with van der Waals surface area (Å²) in [5.41, 5.74) is 5.73. The van der Waals surface area contributed by atoms with Crippen LogP contribution in [-0.4, -0.2) is 36.8 Å². The van der Waals surface area contributed by atoms with Crippen molar-refractivity contribution in [2.45, 2.75) is 38.5 Å². The van der Waals surface area contributed by atoms with Crippen LogP contribution in [0.4, 0.5) is 0 Å². The Bertz CT molecular complexity index is 539. The van der Waals surface area contributed by atoms with Gasteiger partial charge in [0.25, 0.3) is 0 Å². The molecule has 0 amide bonds. The number of benzene rings is 2. The SMILES string of the molecule is [CH3][Sn]([CH3])([CH3])[CH2]c1ccc(-c2ccc([CH2][Sn]([CH3])([CH3])[CH3])cc2)cc1. The minimum atomic E-state index is -1.72. The molecule has 0 saturated carbocycles. The van der Waals surface area contributed by atoms with Crippen molar-refractivity contribution in [1.29, 1.82) is 0 Å². The molecule has 2 heteroatoms. The zero-order chi connectivity index (χ0) is 16.4. The molecule has 0 bridgehead atoms. The fourth-order valence-electron chi connectivity index (χ4n) is 2.85. The Labute approximate surface area is 145 Å². The molecule has 0 aliphatic rings. The van der Waals surface area contributed by atoms with Crippen LogP contribution < -0.4 is 0 Å². The van der Waals surface area contributed by atoms with Gasteiger partial charge in [0.15, 0.2) is 0 Å². The fourth-order valence-corrected chi connectivity index (χ4v) is 11.2. The maximum atomic E-state index is 2.50. The second kappa shape index (κ2) is 7.29. The van der Waals surface area contributed by atoms with E-state index in [0.29, 0.717) is 0 Å². The molecule has 0 N–H and O–H groups in total. The molecule has 2 rings (SSSR count). The van der Waals surface area contributed by atoms with Gasteiger partial charge in [-0.1, -0.05) is 0 Å². The fraction of sp³-hybridized carbons (Fsp3) is 0.400. The van der Waals surface area contributed by atoms with E-state index in [1.807, 2.05) is 0 Å². The summed E-state index contributed by atoms with van der Waals surface area (Å²) < 4.78 is 2.68. The molecule has 0 heterocycles. The van der Waals surface area contributed by atoms with Crippen molar-refractivity contribution in [3.63, 3.8) is 0 Å². The third-order valence-electron chi connectivity index (χ3n) is 3.71. The molecule has 0 aromatic heterocycles. The van der Waals surface area contributed by atoms with Gasteiger partial charge in [0.1, 0.15) is 0 Å². The monoisotopic (exact) mass is 510 g/mol. The summed E-state index contributed by atoms with van der Waals surface area (Å²) in [6, 6.07) is 18.5. The van der Waals surface area contributed by atoms with Crippen LogP contribution in [0.1, 0.15) is 11.1 Å². The Morgan fingerprint density at radius 3 is 1.00 bits per heavy atom. The molecular formula is C20H30Sn2. The van der Waals surface area contributed by atoms with Crippen molar-refractivity contribution in [3.8, 4) is 11.1 Å². The van der Waals surface area contributed by atoms with Crippen LogP contribution in [0.5, 0.6) is 0 Å². The molecule has 0 radical (unpaired) electrons. The molecule has 2 aromatic carbocycles. The van der Waals surface area contributed by atoms with Crippen molar-refractivity contribution in [1.82, 2.24) is 0 Å². The minimum absolute atomic E-state index is 1.34. The van der Waals surface area contributed by atoms with Crippen LogP contribution in [0.3, 0.4) is 0 Å². The molecule has 0 aliphatic heterocycles. The molecule has 2 aromatic rings. The third-order valence-corrected chi connectivity index (χ3v) is 12.1. The Balaban J connectivity index is 2.12. The van der Waals surface area contributed by atoms with Gasteiger partial charge in [-0.3, -0.25) is 0 Å². The van der Waals surface area contributed by atoms with Gasteiger partial charge < -0.3 is 0 Å². The quantitative estimate of drug-likeness (QED) is 0.423. The van der Waals surface area contributed by atoms with E-state index in [1.54, 1.807) is 0 Å². The van der Waals surface area contributed by atoms with E-state index < -0.39 is 36.8 Å². The first-order valence-electron chi connectivity index (χ1n) is 8.31. The van der Waals surface area contributed by atoms with Crippen LogP contribution in [0.15, 0.2) is 48.5 Å².